The third-order valence-corrected chi connectivity index (χ3v) is 5.67. The second-order valence-electron chi connectivity index (χ2n) is 5.74. The van der Waals surface area contributed by atoms with E-state index in [1.54, 1.807) is 18.2 Å². The molecule has 0 fully saturated rings. The Morgan fingerprint density at radius 2 is 1.97 bits per heavy atom. The number of nitrogens with zero attached hydrogens (tertiary/aromatic N) is 2. The highest BCUT2D eigenvalue weighted by Crippen LogP contribution is 2.34. The van der Waals surface area contributed by atoms with E-state index in [1.165, 1.54) is 30.0 Å². The molecule has 29 heavy (non-hydrogen) atoms. The van der Waals surface area contributed by atoms with Gasteiger partial charge in [0.25, 0.3) is 5.91 Å². The molecular weight excluding hydrogens is 419 g/mol. The number of hydrogen-bond acceptors (Lipinski definition) is 8. The summed E-state index contributed by atoms with van der Waals surface area (Å²) in [7, 11) is 0. The van der Waals surface area contributed by atoms with Crippen LogP contribution in [0.15, 0.2) is 46.8 Å². The van der Waals surface area contributed by atoms with Gasteiger partial charge in [-0.3, -0.25) is 14.9 Å². The summed E-state index contributed by atoms with van der Waals surface area (Å²) in [6.07, 6.45) is 0. The van der Waals surface area contributed by atoms with Gasteiger partial charge in [-0.15, -0.1) is 10.2 Å². The molecule has 4 rings (SSSR count). The summed E-state index contributed by atoms with van der Waals surface area (Å²) < 4.78 is 24.2. The van der Waals surface area contributed by atoms with Crippen LogP contribution in [0.3, 0.4) is 0 Å². The zero-order valence-electron chi connectivity index (χ0n) is 14.7. The van der Waals surface area contributed by atoms with Crippen LogP contribution >= 0.6 is 23.1 Å². The summed E-state index contributed by atoms with van der Waals surface area (Å²) in [6, 6.07) is 10.5. The van der Waals surface area contributed by atoms with Crippen molar-refractivity contribution < 1.29 is 23.5 Å². The molecule has 0 radical (unpaired) electrons. The molecule has 0 saturated heterocycles. The fraction of sp³-hybridized carbons (Fsp3) is 0.111. The van der Waals surface area contributed by atoms with Crippen molar-refractivity contribution in [3.63, 3.8) is 0 Å². The van der Waals surface area contributed by atoms with Crippen molar-refractivity contribution in [1.29, 1.82) is 0 Å². The molecule has 1 aromatic heterocycles. The molecule has 8 nitrogen and oxygen atoms in total. The average Bonchev–Trinajstić information content (AvgIpc) is 3.35. The number of carbonyl (C=O) groups is 2. The van der Waals surface area contributed by atoms with Gasteiger partial charge in [0, 0.05) is 17.3 Å². The van der Waals surface area contributed by atoms with E-state index in [0.29, 0.717) is 21.5 Å². The first-order valence-corrected chi connectivity index (χ1v) is 10.1. The smallest absolute Gasteiger partial charge is 0.257 e. The van der Waals surface area contributed by atoms with Crippen molar-refractivity contribution in [3.05, 3.63) is 53.8 Å². The SMILES string of the molecule is O=C(CSc1nnc(NC(=O)c2cccc(F)c2)s1)Nc1ccc2c(c1)OCO2. The number of amides is 2. The molecule has 0 aliphatic carbocycles. The quantitative estimate of drug-likeness (QED) is 0.455. The molecule has 148 valence electrons. The minimum atomic E-state index is -0.500. The summed E-state index contributed by atoms with van der Waals surface area (Å²) in [5.74, 6) is 0.116. The Hall–Kier alpha value is -3.18. The molecular formula is C18H13FN4O4S2. The molecule has 2 heterocycles. The molecule has 0 saturated carbocycles. The van der Waals surface area contributed by atoms with Crippen molar-refractivity contribution in [3.8, 4) is 11.5 Å². The number of aromatic nitrogens is 2. The number of fused-ring (bicyclic) bond motifs is 1. The number of ether oxygens (including phenoxy) is 2. The van der Waals surface area contributed by atoms with E-state index >= 15 is 0 Å². The van der Waals surface area contributed by atoms with Gasteiger partial charge < -0.3 is 14.8 Å². The normalized spacial score (nSPS) is 11.9. The zero-order valence-corrected chi connectivity index (χ0v) is 16.3. The Bertz CT molecular complexity index is 1080. The van der Waals surface area contributed by atoms with Crippen molar-refractivity contribution in [1.82, 2.24) is 10.2 Å². The fourth-order valence-electron chi connectivity index (χ4n) is 2.42. The number of halogens is 1. The molecule has 0 atom stereocenters. The highest BCUT2D eigenvalue weighted by molar-refractivity contribution is 8.01. The molecule has 1 aliphatic heterocycles. The van der Waals surface area contributed by atoms with E-state index in [-0.39, 0.29) is 29.1 Å². The summed E-state index contributed by atoms with van der Waals surface area (Å²) in [5, 5.41) is 13.4. The van der Waals surface area contributed by atoms with Crippen LogP contribution in [0.25, 0.3) is 0 Å². The number of nitrogens with one attached hydrogen (secondary N) is 2. The van der Waals surface area contributed by atoms with E-state index in [1.807, 2.05) is 0 Å². The van der Waals surface area contributed by atoms with Gasteiger partial charge >= 0.3 is 0 Å². The Morgan fingerprint density at radius 1 is 1.10 bits per heavy atom. The number of hydrogen-bond donors (Lipinski definition) is 2. The molecule has 3 aromatic rings. The molecule has 0 unspecified atom stereocenters. The largest absolute Gasteiger partial charge is 0.454 e. The maximum Gasteiger partial charge on any atom is 0.257 e. The van der Waals surface area contributed by atoms with Crippen LogP contribution in [0.1, 0.15) is 10.4 Å². The highest BCUT2D eigenvalue weighted by atomic mass is 32.2. The number of benzene rings is 2. The van der Waals surface area contributed by atoms with Crippen molar-refractivity contribution in [2.24, 2.45) is 0 Å². The van der Waals surface area contributed by atoms with Gasteiger partial charge in [0.15, 0.2) is 15.8 Å². The Morgan fingerprint density at radius 3 is 2.83 bits per heavy atom. The average molecular weight is 432 g/mol. The minimum Gasteiger partial charge on any atom is -0.454 e. The minimum absolute atomic E-state index is 0.112. The van der Waals surface area contributed by atoms with Gasteiger partial charge in [-0.1, -0.05) is 29.2 Å². The Balaban J connectivity index is 1.29. The first-order valence-electron chi connectivity index (χ1n) is 8.29. The van der Waals surface area contributed by atoms with E-state index in [0.717, 1.165) is 17.4 Å². The van der Waals surface area contributed by atoms with E-state index in [9.17, 15) is 14.0 Å². The topological polar surface area (TPSA) is 102 Å². The molecule has 0 bridgehead atoms. The van der Waals surface area contributed by atoms with Gasteiger partial charge in [0.2, 0.25) is 17.8 Å². The lowest BCUT2D eigenvalue weighted by Gasteiger charge is -2.05. The van der Waals surface area contributed by atoms with Crippen molar-refractivity contribution in [2.45, 2.75) is 4.34 Å². The van der Waals surface area contributed by atoms with Gasteiger partial charge in [0.1, 0.15) is 5.82 Å². The van der Waals surface area contributed by atoms with Gasteiger partial charge in [-0.05, 0) is 30.3 Å². The van der Waals surface area contributed by atoms with Gasteiger partial charge in [-0.2, -0.15) is 0 Å². The summed E-state index contributed by atoms with van der Waals surface area (Å²) >= 11 is 2.31. The van der Waals surface area contributed by atoms with Crippen LogP contribution in [0.2, 0.25) is 0 Å². The Labute approximate surface area is 172 Å². The Kier molecular flexibility index (Phi) is 5.58. The zero-order chi connectivity index (χ0) is 20.2. The van der Waals surface area contributed by atoms with Crippen molar-refractivity contribution >= 4 is 45.7 Å². The van der Waals surface area contributed by atoms with E-state index < -0.39 is 11.7 Å². The monoisotopic (exact) mass is 432 g/mol. The van der Waals surface area contributed by atoms with Crippen LogP contribution in [0, 0.1) is 5.82 Å². The first kappa shape index (κ1) is 19.2. The van der Waals surface area contributed by atoms with E-state index in [4.69, 9.17) is 9.47 Å². The lowest BCUT2D eigenvalue weighted by molar-refractivity contribution is -0.113. The van der Waals surface area contributed by atoms with Gasteiger partial charge in [0.05, 0.1) is 5.75 Å². The second-order valence-corrected chi connectivity index (χ2v) is 7.94. The number of carbonyl (C=O) groups excluding carboxylic acids is 2. The van der Waals surface area contributed by atoms with Gasteiger partial charge in [-0.25, -0.2) is 4.39 Å². The lowest BCUT2D eigenvalue weighted by atomic mass is 10.2. The third-order valence-electron chi connectivity index (χ3n) is 3.70. The second kappa shape index (κ2) is 8.45. The predicted molar refractivity (Wildman–Crippen MR) is 106 cm³/mol. The predicted octanol–water partition coefficient (Wildman–Crippen LogP) is 3.39. The fourth-order valence-corrected chi connectivity index (χ4v) is 3.96. The first-order chi connectivity index (χ1) is 14.1. The molecule has 2 aromatic carbocycles. The standard InChI is InChI=1S/C18H13FN4O4S2/c19-11-3-1-2-10(6-11)16(25)21-17-22-23-18(29-17)28-8-15(24)20-12-4-5-13-14(7-12)27-9-26-13/h1-7H,8-9H2,(H,20,24)(H,21,22,25). The lowest BCUT2D eigenvalue weighted by Crippen LogP contribution is -2.13. The van der Waals surface area contributed by atoms with Crippen LogP contribution in [0.5, 0.6) is 11.5 Å². The van der Waals surface area contributed by atoms with E-state index in [2.05, 4.69) is 20.8 Å². The van der Waals surface area contributed by atoms with Crippen LogP contribution in [-0.4, -0.2) is 34.6 Å². The molecule has 1 aliphatic rings. The maximum absolute atomic E-state index is 13.2. The van der Waals surface area contributed by atoms with Crippen LogP contribution < -0.4 is 20.1 Å². The molecule has 11 heteroatoms. The summed E-state index contributed by atoms with van der Waals surface area (Å²) in [6.45, 7) is 0.164. The van der Waals surface area contributed by atoms with Crippen molar-refractivity contribution in [2.75, 3.05) is 23.2 Å². The van der Waals surface area contributed by atoms with Crippen LogP contribution in [-0.2, 0) is 4.79 Å². The molecule has 0 spiro atoms. The highest BCUT2D eigenvalue weighted by Gasteiger charge is 2.15. The molecule has 2 amide bonds. The third kappa shape index (κ3) is 4.81. The maximum atomic E-state index is 13.2. The number of thioether (sulfide) groups is 1. The summed E-state index contributed by atoms with van der Waals surface area (Å²) in [4.78, 5) is 24.2. The summed E-state index contributed by atoms with van der Waals surface area (Å²) in [5.41, 5.74) is 0.776. The number of rotatable bonds is 6. The molecule has 2 N–H and O–H groups in total. The number of anilines is 2. The van der Waals surface area contributed by atoms with Crippen LogP contribution in [0.4, 0.5) is 15.2 Å².